The van der Waals surface area contributed by atoms with Crippen molar-refractivity contribution in [2.24, 2.45) is 5.73 Å². The summed E-state index contributed by atoms with van der Waals surface area (Å²) >= 11 is 4.89. The summed E-state index contributed by atoms with van der Waals surface area (Å²) in [5, 5.41) is 0. The van der Waals surface area contributed by atoms with Crippen molar-refractivity contribution in [3.05, 3.63) is 23.8 Å². The summed E-state index contributed by atoms with van der Waals surface area (Å²) in [6, 6.07) is 5.40. The second kappa shape index (κ2) is 4.09. The summed E-state index contributed by atoms with van der Waals surface area (Å²) in [6.45, 7) is 0. The number of rotatable bonds is 3. The normalized spacial score (nSPS) is 9.38. The van der Waals surface area contributed by atoms with Crippen molar-refractivity contribution in [1.29, 1.82) is 0 Å². The van der Waals surface area contributed by atoms with Gasteiger partial charge in [-0.15, -0.1) is 0 Å². The molecule has 0 radical (unpaired) electrons. The molecule has 0 unspecified atom stereocenters. The Hall–Kier alpha value is -1.29. The van der Waals surface area contributed by atoms with Crippen LogP contribution in [0.4, 0.5) is 0 Å². The van der Waals surface area contributed by atoms with Gasteiger partial charge in [0.15, 0.2) is 0 Å². The third-order valence-corrected chi connectivity index (χ3v) is 1.88. The Morgan fingerprint density at radius 3 is 2.00 bits per heavy atom. The SMILES string of the molecule is COc1cccc(OC)c1C(N)=S. The average molecular weight is 197 g/mol. The van der Waals surface area contributed by atoms with Gasteiger partial charge in [0.25, 0.3) is 0 Å². The van der Waals surface area contributed by atoms with Crippen LogP contribution in [0.1, 0.15) is 5.56 Å². The van der Waals surface area contributed by atoms with E-state index in [1.54, 1.807) is 26.4 Å². The summed E-state index contributed by atoms with van der Waals surface area (Å²) < 4.78 is 10.2. The van der Waals surface area contributed by atoms with Crippen LogP contribution in [0.15, 0.2) is 18.2 Å². The van der Waals surface area contributed by atoms with E-state index in [0.29, 0.717) is 17.1 Å². The third kappa shape index (κ3) is 1.89. The van der Waals surface area contributed by atoms with Crippen molar-refractivity contribution in [2.75, 3.05) is 14.2 Å². The Balaban J connectivity index is 3.29. The number of thiocarbonyl (C=S) groups is 1. The lowest BCUT2D eigenvalue weighted by molar-refractivity contribution is 0.393. The quantitative estimate of drug-likeness (QED) is 0.743. The van der Waals surface area contributed by atoms with Crippen LogP contribution < -0.4 is 15.2 Å². The molecule has 0 atom stereocenters. The van der Waals surface area contributed by atoms with E-state index >= 15 is 0 Å². The maximum Gasteiger partial charge on any atom is 0.132 e. The van der Waals surface area contributed by atoms with Gasteiger partial charge in [-0.3, -0.25) is 0 Å². The number of methoxy groups -OCH3 is 2. The van der Waals surface area contributed by atoms with E-state index in [9.17, 15) is 0 Å². The van der Waals surface area contributed by atoms with Gasteiger partial charge in [-0.05, 0) is 12.1 Å². The fourth-order valence-corrected chi connectivity index (χ4v) is 1.30. The zero-order valence-corrected chi connectivity index (χ0v) is 8.35. The van der Waals surface area contributed by atoms with Gasteiger partial charge in [-0.25, -0.2) is 0 Å². The largest absolute Gasteiger partial charge is 0.496 e. The van der Waals surface area contributed by atoms with E-state index in [0.717, 1.165) is 0 Å². The zero-order chi connectivity index (χ0) is 9.84. The van der Waals surface area contributed by atoms with E-state index < -0.39 is 0 Å². The molecule has 0 heterocycles. The molecular formula is C9H11NO2S. The highest BCUT2D eigenvalue weighted by atomic mass is 32.1. The van der Waals surface area contributed by atoms with Gasteiger partial charge >= 0.3 is 0 Å². The van der Waals surface area contributed by atoms with E-state index in [1.807, 2.05) is 6.07 Å². The monoisotopic (exact) mass is 197 g/mol. The fourth-order valence-electron chi connectivity index (χ4n) is 1.09. The first kappa shape index (κ1) is 9.80. The molecule has 2 N–H and O–H groups in total. The molecule has 3 nitrogen and oxygen atoms in total. The minimum absolute atomic E-state index is 0.273. The molecule has 4 heteroatoms. The minimum atomic E-state index is 0.273. The van der Waals surface area contributed by atoms with Crippen LogP contribution >= 0.6 is 12.2 Å². The van der Waals surface area contributed by atoms with Crippen molar-refractivity contribution in [3.63, 3.8) is 0 Å². The molecule has 0 saturated carbocycles. The Labute approximate surface area is 82.5 Å². The Kier molecular flexibility index (Phi) is 3.08. The summed E-state index contributed by atoms with van der Waals surface area (Å²) in [7, 11) is 3.13. The molecule has 0 aliphatic rings. The molecule has 0 spiro atoms. The van der Waals surface area contributed by atoms with Crippen LogP contribution in [0.2, 0.25) is 0 Å². The van der Waals surface area contributed by atoms with E-state index in [4.69, 9.17) is 27.4 Å². The topological polar surface area (TPSA) is 44.5 Å². The molecule has 0 saturated heterocycles. The van der Waals surface area contributed by atoms with Gasteiger partial charge < -0.3 is 15.2 Å². The van der Waals surface area contributed by atoms with Crippen LogP contribution in [-0.4, -0.2) is 19.2 Å². The summed E-state index contributed by atoms with van der Waals surface area (Å²) in [5.41, 5.74) is 6.18. The molecule has 0 aliphatic heterocycles. The van der Waals surface area contributed by atoms with Crippen molar-refractivity contribution in [2.45, 2.75) is 0 Å². The molecule has 0 bridgehead atoms. The molecule has 70 valence electrons. The van der Waals surface area contributed by atoms with Gasteiger partial charge in [0.2, 0.25) is 0 Å². The van der Waals surface area contributed by atoms with Crippen LogP contribution in [0.25, 0.3) is 0 Å². The van der Waals surface area contributed by atoms with Gasteiger partial charge in [-0.1, -0.05) is 18.3 Å². The van der Waals surface area contributed by atoms with E-state index in [-0.39, 0.29) is 4.99 Å². The van der Waals surface area contributed by atoms with Crippen LogP contribution in [-0.2, 0) is 0 Å². The fraction of sp³-hybridized carbons (Fsp3) is 0.222. The van der Waals surface area contributed by atoms with Gasteiger partial charge in [0.05, 0.1) is 19.8 Å². The molecule has 1 aromatic rings. The van der Waals surface area contributed by atoms with E-state index in [2.05, 4.69) is 0 Å². The molecule has 0 fully saturated rings. The van der Waals surface area contributed by atoms with Gasteiger partial charge in [0, 0.05) is 0 Å². The van der Waals surface area contributed by atoms with Crippen LogP contribution in [0.5, 0.6) is 11.5 Å². The molecule has 1 aromatic carbocycles. The zero-order valence-electron chi connectivity index (χ0n) is 7.53. The summed E-state index contributed by atoms with van der Waals surface area (Å²) in [5.74, 6) is 1.26. The molecule has 0 aromatic heterocycles. The van der Waals surface area contributed by atoms with Crippen LogP contribution in [0, 0.1) is 0 Å². The van der Waals surface area contributed by atoms with Crippen molar-refractivity contribution in [1.82, 2.24) is 0 Å². The maximum absolute atomic E-state index is 5.54. The smallest absolute Gasteiger partial charge is 0.132 e. The number of ether oxygens (including phenoxy) is 2. The molecule has 1 rings (SSSR count). The molecule has 13 heavy (non-hydrogen) atoms. The lowest BCUT2D eigenvalue weighted by Gasteiger charge is -2.10. The Morgan fingerprint density at radius 1 is 1.23 bits per heavy atom. The number of hydrogen-bond acceptors (Lipinski definition) is 3. The second-order valence-electron chi connectivity index (χ2n) is 2.40. The molecule has 0 aliphatic carbocycles. The third-order valence-electron chi connectivity index (χ3n) is 1.67. The summed E-state index contributed by atoms with van der Waals surface area (Å²) in [4.78, 5) is 0.273. The number of nitrogens with two attached hydrogens (primary N) is 1. The van der Waals surface area contributed by atoms with Crippen molar-refractivity contribution >= 4 is 17.2 Å². The van der Waals surface area contributed by atoms with E-state index in [1.165, 1.54) is 0 Å². The van der Waals surface area contributed by atoms with Crippen molar-refractivity contribution < 1.29 is 9.47 Å². The minimum Gasteiger partial charge on any atom is -0.496 e. The molecule has 0 amide bonds. The first-order chi connectivity index (χ1) is 6.20. The predicted molar refractivity (Wildman–Crippen MR) is 55.4 cm³/mol. The number of hydrogen-bond donors (Lipinski definition) is 1. The highest BCUT2D eigenvalue weighted by Crippen LogP contribution is 2.27. The lowest BCUT2D eigenvalue weighted by atomic mass is 10.2. The highest BCUT2D eigenvalue weighted by molar-refractivity contribution is 7.80. The van der Waals surface area contributed by atoms with Crippen molar-refractivity contribution in [3.8, 4) is 11.5 Å². The van der Waals surface area contributed by atoms with Gasteiger partial charge in [0.1, 0.15) is 16.5 Å². The average Bonchev–Trinajstić information content (AvgIpc) is 2.16. The highest BCUT2D eigenvalue weighted by Gasteiger charge is 2.11. The maximum atomic E-state index is 5.54. The van der Waals surface area contributed by atoms with Crippen LogP contribution in [0.3, 0.4) is 0 Å². The first-order valence-corrected chi connectivity index (χ1v) is 4.12. The molecular weight excluding hydrogens is 186 g/mol. The Bertz CT molecular complexity index is 303. The van der Waals surface area contributed by atoms with Gasteiger partial charge in [-0.2, -0.15) is 0 Å². The predicted octanol–water partition coefficient (Wildman–Crippen LogP) is 1.34. The standard InChI is InChI=1S/C9H11NO2S/c1-11-6-4-3-5-7(12-2)8(6)9(10)13/h3-5H,1-2H3,(H2,10,13). The lowest BCUT2D eigenvalue weighted by Crippen LogP contribution is -2.12. The summed E-state index contributed by atoms with van der Waals surface area (Å²) in [6.07, 6.45) is 0. The Morgan fingerprint density at radius 2 is 1.69 bits per heavy atom. The number of benzene rings is 1. The first-order valence-electron chi connectivity index (χ1n) is 3.71. The second-order valence-corrected chi connectivity index (χ2v) is 2.84.